The summed E-state index contributed by atoms with van der Waals surface area (Å²) in [5.74, 6) is 0.890. The molecule has 1 amide bonds. The molecular formula is C22H31NO. The van der Waals surface area contributed by atoms with Crippen LogP contribution < -0.4 is 4.90 Å². The first kappa shape index (κ1) is 17.3. The molecule has 0 unspecified atom stereocenters. The fourth-order valence-electron chi connectivity index (χ4n) is 4.45. The molecule has 1 aromatic carbocycles. The molecule has 0 atom stereocenters. The van der Waals surface area contributed by atoms with Crippen LogP contribution in [0.4, 0.5) is 5.69 Å². The van der Waals surface area contributed by atoms with Gasteiger partial charge in [0, 0.05) is 12.2 Å². The van der Waals surface area contributed by atoms with Crippen LogP contribution >= 0.6 is 0 Å². The standard InChI is InChI=1S/C22H31NO/c1-5-10-21(4)11-13-22(14-12-21)15-16-23(20(22)24)19-8-6-18(7-9-19)17(2)3/h5-9,17H,1,10-16H2,2-4H3. The molecule has 1 aromatic rings. The summed E-state index contributed by atoms with van der Waals surface area (Å²) in [7, 11) is 0. The first-order valence-electron chi connectivity index (χ1n) is 9.42. The molecular weight excluding hydrogens is 294 g/mol. The lowest BCUT2D eigenvalue weighted by Gasteiger charge is -2.41. The lowest BCUT2D eigenvalue weighted by molar-refractivity contribution is -0.128. The molecule has 24 heavy (non-hydrogen) atoms. The normalized spacial score (nSPS) is 30.3. The first-order valence-corrected chi connectivity index (χ1v) is 9.42. The highest BCUT2D eigenvalue weighted by molar-refractivity contribution is 6.00. The number of rotatable bonds is 4. The third-order valence-corrected chi connectivity index (χ3v) is 6.44. The molecule has 2 aliphatic rings. The molecule has 130 valence electrons. The van der Waals surface area contributed by atoms with Crippen LogP contribution in [0.25, 0.3) is 0 Å². The molecule has 1 saturated carbocycles. The van der Waals surface area contributed by atoms with E-state index in [1.807, 2.05) is 11.0 Å². The summed E-state index contributed by atoms with van der Waals surface area (Å²) >= 11 is 0. The summed E-state index contributed by atoms with van der Waals surface area (Å²) in [6.07, 6.45) is 8.49. The SMILES string of the molecule is C=CCC1(C)CCC2(CCN(c3ccc(C(C)C)cc3)C2=O)CC1. The number of nitrogens with zero attached hydrogens (tertiary/aromatic N) is 1. The van der Waals surface area contributed by atoms with E-state index in [2.05, 4.69) is 51.6 Å². The van der Waals surface area contributed by atoms with E-state index in [0.717, 1.165) is 50.8 Å². The maximum absolute atomic E-state index is 13.2. The fourth-order valence-corrected chi connectivity index (χ4v) is 4.45. The summed E-state index contributed by atoms with van der Waals surface area (Å²) in [6.45, 7) is 11.5. The zero-order valence-corrected chi connectivity index (χ0v) is 15.5. The molecule has 2 nitrogen and oxygen atoms in total. The Morgan fingerprint density at radius 3 is 2.29 bits per heavy atom. The lowest BCUT2D eigenvalue weighted by Crippen LogP contribution is -2.39. The highest BCUT2D eigenvalue weighted by Crippen LogP contribution is 2.52. The van der Waals surface area contributed by atoms with Crippen molar-refractivity contribution in [2.45, 2.75) is 65.2 Å². The predicted molar refractivity (Wildman–Crippen MR) is 101 cm³/mol. The van der Waals surface area contributed by atoms with Crippen molar-refractivity contribution >= 4 is 11.6 Å². The molecule has 1 saturated heterocycles. The number of carbonyl (C=O) groups is 1. The molecule has 2 heteroatoms. The molecule has 2 fully saturated rings. The van der Waals surface area contributed by atoms with Gasteiger partial charge in [-0.25, -0.2) is 0 Å². The number of carbonyl (C=O) groups excluding carboxylic acids is 1. The van der Waals surface area contributed by atoms with E-state index in [4.69, 9.17) is 0 Å². The summed E-state index contributed by atoms with van der Waals surface area (Å²) in [4.78, 5) is 15.2. The Bertz CT molecular complexity index is 605. The van der Waals surface area contributed by atoms with Crippen LogP contribution in [-0.4, -0.2) is 12.5 Å². The van der Waals surface area contributed by atoms with Gasteiger partial charge in [-0.15, -0.1) is 6.58 Å². The summed E-state index contributed by atoms with van der Waals surface area (Å²) in [6, 6.07) is 8.58. The average Bonchev–Trinajstić information content (AvgIpc) is 2.88. The highest BCUT2D eigenvalue weighted by Gasteiger charge is 2.50. The van der Waals surface area contributed by atoms with Gasteiger partial charge >= 0.3 is 0 Å². The molecule has 1 aliphatic carbocycles. The molecule has 0 bridgehead atoms. The Morgan fingerprint density at radius 1 is 1.12 bits per heavy atom. The van der Waals surface area contributed by atoms with Crippen molar-refractivity contribution in [3.05, 3.63) is 42.5 Å². The van der Waals surface area contributed by atoms with Crippen molar-refractivity contribution in [3.8, 4) is 0 Å². The third kappa shape index (κ3) is 3.03. The Balaban J connectivity index is 1.72. The number of anilines is 1. The first-order chi connectivity index (χ1) is 11.4. The van der Waals surface area contributed by atoms with Gasteiger partial charge in [0.2, 0.25) is 5.91 Å². The van der Waals surface area contributed by atoms with Crippen molar-refractivity contribution in [2.75, 3.05) is 11.4 Å². The van der Waals surface area contributed by atoms with Crippen LogP contribution in [0.2, 0.25) is 0 Å². The van der Waals surface area contributed by atoms with Gasteiger partial charge in [0.15, 0.2) is 0 Å². The second-order valence-electron chi connectivity index (χ2n) is 8.54. The predicted octanol–water partition coefficient (Wildman–Crippen LogP) is 5.69. The quantitative estimate of drug-likeness (QED) is 0.651. The average molecular weight is 325 g/mol. The van der Waals surface area contributed by atoms with Gasteiger partial charge in [0.1, 0.15) is 0 Å². The van der Waals surface area contributed by atoms with Gasteiger partial charge in [-0.2, -0.15) is 0 Å². The minimum absolute atomic E-state index is 0.0998. The monoisotopic (exact) mass is 325 g/mol. The number of benzene rings is 1. The largest absolute Gasteiger partial charge is 0.312 e. The van der Waals surface area contributed by atoms with Crippen LogP contribution in [0.15, 0.2) is 36.9 Å². The van der Waals surface area contributed by atoms with E-state index in [-0.39, 0.29) is 5.41 Å². The number of amides is 1. The lowest BCUT2D eigenvalue weighted by atomic mass is 9.62. The Kier molecular flexibility index (Phi) is 4.59. The zero-order chi connectivity index (χ0) is 17.4. The Hall–Kier alpha value is -1.57. The van der Waals surface area contributed by atoms with E-state index in [0.29, 0.717) is 17.2 Å². The van der Waals surface area contributed by atoms with Crippen LogP contribution in [0, 0.1) is 10.8 Å². The van der Waals surface area contributed by atoms with Crippen molar-refractivity contribution in [3.63, 3.8) is 0 Å². The van der Waals surface area contributed by atoms with Crippen molar-refractivity contribution in [1.29, 1.82) is 0 Å². The summed E-state index contributed by atoms with van der Waals surface area (Å²) in [5, 5.41) is 0. The summed E-state index contributed by atoms with van der Waals surface area (Å²) < 4.78 is 0. The van der Waals surface area contributed by atoms with Crippen molar-refractivity contribution in [1.82, 2.24) is 0 Å². The minimum atomic E-state index is -0.0998. The number of hydrogen-bond acceptors (Lipinski definition) is 1. The van der Waals surface area contributed by atoms with Gasteiger partial charge in [0.25, 0.3) is 0 Å². The van der Waals surface area contributed by atoms with Crippen LogP contribution in [0.1, 0.15) is 70.8 Å². The Labute approximate surface area is 146 Å². The maximum Gasteiger partial charge on any atom is 0.233 e. The number of hydrogen-bond donors (Lipinski definition) is 0. The maximum atomic E-state index is 13.2. The van der Waals surface area contributed by atoms with Crippen molar-refractivity contribution < 1.29 is 4.79 Å². The Morgan fingerprint density at radius 2 is 1.75 bits per heavy atom. The highest BCUT2D eigenvalue weighted by atomic mass is 16.2. The smallest absolute Gasteiger partial charge is 0.233 e. The second kappa shape index (κ2) is 6.38. The van der Waals surface area contributed by atoms with E-state index in [1.165, 1.54) is 5.56 Å². The van der Waals surface area contributed by atoms with Gasteiger partial charge in [-0.3, -0.25) is 4.79 Å². The zero-order valence-electron chi connectivity index (χ0n) is 15.5. The summed E-state index contributed by atoms with van der Waals surface area (Å²) in [5.41, 5.74) is 2.65. The van der Waals surface area contributed by atoms with E-state index in [1.54, 1.807) is 0 Å². The molecule has 1 spiro atoms. The minimum Gasteiger partial charge on any atom is -0.312 e. The molecule has 0 aromatic heterocycles. The third-order valence-electron chi connectivity index (χ3n) is 6.44. The van der Waals surface area contributed by atoms with Gasteiger partial charge in [-0.1, -0.05) is 39.0 Å². The van der Waals surface area contributed by atoms with E-state index >= 15 is 0 Å². The van der Waals surface area contributed by atoms with Crippen LogP contribution in [0.5, 0.6) is 0 Å². The molecule has 3 rings (SSSR count). The van der Waals surface area contributed by atoms with Gasteiger partial charge < -0.3 is 4.90 Å². The fraction of sp³-hybridized carbons (Fsp3) is 0.591. The van der Waals surface area contributed by atoms with E-state index < -0.39 is 0 Å². The number of allylic oxidation sites excluding steroid dienone is 1. The molecule has 0 N–H and O–H groups in total. The molecule has 1 aliphatic heterocycles. The van der Waals surface area contributed by atoms with Crippen LogP contribution in [-0.2, 0) is 4.79 Å². The van der Waals surface area contributed by atoms with Crippen molar-refractivity contribution in [2.24, 2.45) is 10.8 Å². The molecule has 0 radical (unpaired) electrons. The molecule has 1 heterocycles. The van der Waals surface area contributed by atoms with E-state index in [9.17, 15) is 4.79 Å². The van der Waals surface area contributed by atoms with Crippen LogP contribution in [0.3, 0.4) is 0 Å². The van der Waals surface area contributed by atoms with Gasteiger partial charge in [-0.05, 0) is 67.6 Å². The second-order valence-corrected chi connectivity index (χ2v) is 8.54. The van der Waals surface area contributed by atoms with Gasteiger partial charge in [0.05, 0.1) is 5.41 Å². The topological polar surface area (TPSA) is 20.3 Å².